The smallest absolute Gasteiger partial charge is 0.231 e. The topological polar surface area (TPSA) is 68.0 Å². The van der Waals surface area contributed by atoms with Crippen molar-refractivity contribution < 1.29 is 9.47 Å². The van der Waals surface area contributed by atoms with Gasteiger partial charge in [-0.2, -0.15) is 5.26 Å². The molecule has 1 aromatic carbocycles. The van der Waals surface area contributed by atoms with Gasteiger partial charge in [0.15, 0.2) is 11.5 Å². The maximum Gasteiger partial charge on any atom is 0.231 e. The lowest BCUT2D eigenvalue weighted by Gasteiger charge is -2.08. The summed E-state index contributed by atoms with van der Waals surface area (Å²) in [4.78, 5) is 8.75. The van der Waals surface area contributed by atoms with E-state index in [-0.39, 0.29) is 6.79 Å². The first kappa shape index (κ1) is 16.7. The van der Waals surface area contributed by atoms with Crippen LogP contribution in [0.15, 0.2) is 53.8 Å². The molecule has 1 aliphatic rings. The minimum Gasteiger partial charge on any atom is -0.454 e. The lowest BCUT2D eigenvalue weighted by molar-refractivity contribution is 0.174. The molecule has 2 aromatic heterocycles. The number of halogens is 1. The largest absolute Gasteiger partial charge is 0.454 e. The molecule has 0 radical (unpaired) electrons. The quantitative estimate of drug-likeness (QED) is 0.611. The molecule has 128 valence electrons. The Kier molecular flexibility index (Phi) is 4.65. The second kappa shape index (κ2) is 7.24. The minimum absolute atomic E-state index is 0.204. The van der Waals surface area contributed by atoms with Crippen LogP contribution in [0.25, 0.3) is 11.3 Å². The maximum absolute atomic E-state index is 9.38. The van der Waals surface area contributed by atoms with Gasteiger partial charge in [-0.05, 0) is 35.9 Å². The number of rotatable bonds is 4. The van der Waals surface area contributed by atoms with Gasteiger partial charge in [0.1, 0.15) is 11.1 Å². The highest BCUT2D eigenvalue weighted by atomic mass is 35.5. The standard InChI is InChI=1S/C19H12ClN3O2S/c20-15-7-18-17(24-11-25-18)6-14(15)10-26-19-12(8-21)3-4-16(23-19)13-2-1-5-22-9-13/h1-7,9H,10-11H2. The highest BCUT2D eigenvalue weighted by Gasteiger charge is 2.17. The molecule has 5 nitrogen and oxygen atoms in total. The molecule has 0 saturated carbocycles. The summed E-state index contributed by atoms with van der Waals surface area (Å²) in [6.07, 6.45) is 3.46. The average Bonchev–Trinajstić information content (AvgIpc) is 3.13. The van der Waals surface area contributed by atoms with Gasteiger partial charge in [0.05, 0.1) is 11.3 Å². The highest BCUT2D eigenvalue weighted by Crippen LogP contribution is 2.39. The summed E-state index contributed by atoms with van der Waals surface area (Å²) in [6, 6.07) is 13.2. The molecule has 0 spiro atoms. The molecule has 0 fully saturated rings. The van der Waals surface area contributed by atoms with Crippen molar-refractivity contribution in [3.8, 4) is 28.8 Å². The first-order valence-corrected chi connectivity index (χ1v) is 9.13. The van der Waals surface area contributed by atoms with E-state index in [0.29, 0.717) is 32.9 Å². The van der Waals surface area contributed by atoms with Crippen molar-refractivity contribution in [3.05, 3.63) is 64.9 Å². The van der Waals surface area contributed by atoms with E-state index < -0.39 is 0 Å². The molecular formula is C19H12ClN3O2S. The van der Waals surface area contributed by atoms with Gasteiger partial charge in [-0.15, -0.1) is 11.8 Å². The average molecular weight is 382 g/mol. The molecule has 3 aromatic rings. The van der Waals surface area contributed by atoms with Crippen LogP contribution in [0.2, 0.25) is 5.02 Å². The Bertz CT molecular complexity index is 1010. The van der Waals surface area contributed by atoms with Crippen molar-refractivity contribution >= 4 is 23.4 Å². The molecule has 0 amide bonds. The molecule has 0 aliphatic carbocycles. The Hall–Kier alpha value is -2.75. The Balaban J connectivity index is 1.61. The predicted molar refractivity (Wildman–Crippen MR) is 99.3 cm³/mol. The van der Waals surface area contributed by atoms with Crippen molar-refractivity contribution in [2.75, 3.05) is 6.79 Å². The lowest BCUT2D eigenvalue weighted by atomic mass is 10.2. The van der Waals surface area contributed by atoms with Crippen LogP contribution in [0.4, 0.5) is 0 Å². The van der Waals surface area contributed by atoms with Crippen LogP contribution in [-0.2, 0) is 5.75 Å². The molecular weight excluding hydrogens is 370 g/mol. The summed E-state index contributed by atoms with van der Waals surface area (Å²) in [5.41, 5.74) is 3.11. The van der Waals surface area contributed by atoms with E-state index in [1.807, 2.05) is 24.3 Å². The van der Waals surface area contributed by atoms with Gasteiger partial charge < -0.3 is 9.47 Å². The summed E-state index contributed by atoms with van der Waals surface area (Å²) < 4.78 is 10.7. The molecule has 3 heterocycles. The second-order valence-electron chi connectivity index (χ2n) is 5.49. The monoisotopic (exact) mass is 381 g/mol. The predicted octanol–water partition coefficient (Wildman–Crippen LogP) is 4.69. The van der Waals surface area contributed by atoms with Crippen LogP contribution < -0.4 is 9.47 Å². The first-order chi connectivity index (χ1) is 12.7. The first-order valence-electron chi connectivity index (χ1n) is 7.77. The van der Waals surface area contributed by atoms with E-state index in [0.717, 1.165) is 16.8 Å². The van der Waals surface area contributed by atoms with E-state index in [1.165, 1.54) is 11.8 Å². The van der Waals surface area contributed by atoms with E-state index >= 15 is 0 Å². The second-order valence-corrected chi connectivity index (χ2v) is 6.86. The molecule has 0 N–H and O–H groups in total. The number of aromatic nitrogens is 2. The highest BCUT2D eigenvalue weighted by molar-refractivity contribution is 7.98. The van der Waals surface area contributed by atoms with E-state index in [2.05, 4.69) is 16.0 Å². The molecule has 4 rings (SSSR count). The molecule has 0 bridgehead atoms. The van der Waals surface area contributed by atoms with Gasteiger partial charge in [0, 0.05) is 34.8 Å². The van der Waals surface area contributed by atoms with Gasteiger partial charge in [-0.25, -0.2) is 4.98 Å². The molecule has 0 unspecified atom stereocenters. The Morgan fingerprint density at radius 3 is 2.81 bits per heavy atom. The SMILES string of the molecule is N#Cc1ccc(-c2cccnc2)nc1SCc1cc2c(cc1Cl)OCO2. The number of thioether (sulfide) groups is 1. The van der Waals surface area contributed by atoms with Crippen LogP contribution in [0.1, 0.15) is 11.1 Å². The van der Waals surface area contributed by atoms with Crippen LogP contribution >= 0.6 is 23.4 Å². The van der Waals surface area contributed by atoms with Crippen LogP contribution in [0, 0.1) is 11.3 Å². The van der Waals surface area contributed by atoms with Crippen molar-refractivity contribution in [1.82, 2.24) is 9.97 Å². The van der Waals surface area contributed by atoms with Crippen molar-refractivity contribution in [1.29, 1.82) is 5.26 Å². The molecule has 0 saturated heterocycles. The zero-order chi connectivity index (χ0) is 17.9. The number of pyridine rings is 2. The molecule has 26 heavy (non-hydrogen) atoms. The van der Waals surface area contributed by atoms with Gasteiger partial charge in [-0.1, -0.05) is 11.6 Å². The number of nitriles is 1. The molecule has 0 atom stereocenters. The van der Waals surface area contributed by atoms with Crippen LogP contribution in [0.5, 0.6) is 11.5 Å². The fourth-order valence-electron chi connectivity index (χ4n) is 2.53. The van der Waals surface area contributed by atoms with E-state index in [9.17, 15) is 5.26 Å². The Labute approximate surface area is 159 Å². The van der Waals surface area contributed by atoms with Crippen molar-refractivity contribution in [3.63, 3.8) is 0 Å². The third-order valence-corrected chi connectivity index (χ3v) is 5.24. The fourth-order valence-corrected chi connectivity index (χ4v) is 3.79. The summed E-state index contributed by atoms with van der Waals surface area (Å²) in [7, 11) is 0. The van der Waals surface area contributed by atoms with Gasteiger partial charge >= 0.3 is 0 Å². The van der Waals surface area contributed by atoms with Crippen LogP contribution in [-0.4, -0.2) is 16.8 Å². The number of benzene rings is 1. The molecule has 1 aliphatic heterocycles. The number of nitrogens with zero attached hydrogens (tertiary/aromatic N) is 3. The zero-order valence-electron chi connectivity index (χ0n) is 13.5. The summed E-state index contributed by atoms with van der Waals surface area (Å²) in [6.45, 7) is 0.204. The Morgan fingerprint density at radius 2 is 2.04 bits per heavy atom. The van der Waals surface area contributed by atoms with E-state index in [1.54, 1.807) is 24.5 Å². The van der Waals surface area contributed by atoms with Crippen molar-refractivity contribution in [2.24, 2.45) is 0 Å². The van der Waals surface area contributed by atoms with Crippen LogP contribution in [0.3, 0.4) is 0 Å². The van der Waals surface area contributed by atoms with Gasteiger partial charge in [0.25, 0.3) is 0 Å². The zero-order valence-corrected chi connectivity index (χ0v) is 15.0. The molecule has 7 heteroatoms. The third-order valence-electron chi connectivity index (χ3n) is 3.84. The Morgan fingerprint density at radius 1 is 1.19 bits per heavy atom. The third kappa shape index (κ3) is 3.32. The van der Waals surface area contributed by atoms with Crippen molar-refractivity contribution in [2.45, 2.75) is 10.8 Å². The fraction of sp³-hybridized carbons (Fsp3) is 0.105. The normalized spacial score (nSPS) is 12.0. The summed E-state index contributed by atoms with van der Waals surface area (Å²) in [5.74, 6) is 1.90. The number of fused-ring (bicyclic) bond motifs is 1. The number of ether oxygens (including phenoxy) is 2. The van der Waals surface area contributed by atoms with Gasteiger partial charge in [-0.3, -0.25) is 4.98 Å². The maximum atomic E-state index is 9.38. The number of hydrogen-bond donors (Lipinski definition) is 0. The summed E-state index contributed by atoms with van der Waals surface area (Å²) in [5, 5.41) is 10.6. The van der Waals surface area contributed by atoms with Gasteiger partial charge in [0.2, 0.25) is 6.79 Å². The number of hydrogen-bond acceptors (Lipinski definition) is 6. The minimum atomic E-state index is 0.204. The van der Waals surface area contributed by atoms with E-state index in [4.69, 9.17) is 21.1 Å². The summed E-state index contributed by atoms with van der Waals surface area (Å²) >= 11 is 7.79. The lowest BCUT2D eigenvalue weighted by Crippen LogP contribution is -1.93.